The minimum absolute atomic E-state index is 0.0547. The van der Waals surface area contributed by atoms with Crippen molar-refractivity contribution in [2.24, 2.45) is 39.9 Å². The van der Waals surface area contributed by atoms with Crippen LogP contribution in [0.1, 0.15) is 116 Å². The van der Waals surface area contributed by atoms with Crippen LogP contribution in [0.25, 0.3) is 0 Å². The molecule has 0 saturated heterocycles. The molecule has 0 aliphatic heterocycles. The Morgan fingerprint density at radius 3 is 2.20 bits per heavy atom. The van der Waals surface area contributed by atoms with Crippen molar-refractivity contribution in [3.05, 3.63) is 58.2 Å². The maximum Gasteiger partial charge on any atom is 0.416 e. The summed E-state index contributed by atoms with van der Waals surface area (Å²) in [4.78, 5) is 38.2. The molecule has 0 aromatic heterocycles. The summed E-state index contributed by atoms with van der Waals surface area (Å²) in [6.45, 7) is 14.0. The molecule has 4 aliphatic rings. The molecule has 5 rings (SSSR count). The third kappa shape index (κ3) is 6.47. The Hall–Kier alpha value is -3.14. The number of carboxylic acid groups (broad SMARTS) is 1. The van der Waals surface area contributed by atoms with Gasteiger partial charge < -0.3 is 19.7 Å². The van der Waals surface area contributed by atoms with Crippen LogP contribution in [-0.4, -0.2) is 46.4 Å². The molecule has 7 nitrogen and oxygen atoms in total. The van der Waals surface area contributed by atoms with Gasteiger partial charge in [-0.1, -0.05) is 39.3 Å². The Kier molecular flexibility index (Phi) is 10.00. The first-order chi connectivity index (χ1) is 22.7. The summed E-state index contributed by atoms with van der Waals surface area (Å²) in [6, 6.07) is 4.07. The summed E-state index contributed by atoms with van der Waals surface area (Å²) in [5.74, 6) is -2.48. The fourth-order valence-corrected chi connectivity index (χ4v) is 10.9. The number of hydrogen-bond donors (Lipinski definition) is 2. The van der Waals surface area contributed by atoms with Gasteiger partial charge in [-0.2, -0.15) is 13.2 Å². The van der Waals surface area contributed by atoms with E-state index in [0.717, 1.165) is 42.7 Å². The number of carbonyl (C=O) groups excluding carboxylic acids is 2. The molecule has 0 unspecified atom stereocenters. The fourth-order valence-electron chi connectivity index (χ4n) is 10.9. The number of ether oxygens (including phenoxy) is 2. The number of carbonyl (C=O) groups is 3. The van der Waals surface area contributed by atoms with Crippen molar-refractivity contribution in [1.29, 1.82) is 0 Å². The quantitative estimate of drug-likeness (QED) is 0.168. The first-order valence-electron chi connectivity index (χ1n) is 17.6. The largest absolute Gasteiger partial charge is 0.478 e. The van der Waals surface area contributed by atoms with Crippen LogP contribution >= 0.6 is 0 Å². The lowest BCUT2D eigenvalue weighted by Gasteiger charge is -2.69. The van der Waals surface area contributed by atoms with Gasteiger partial charge in [0.2, 0.25) is 0 Å². The van der Waals surface area contributed by atoms with E-state index in [1.54, 1.807) is 0 Å². The zero-order chi connectivity index (χ0) is 36.3. The highest BCUT2D eigenvalue weighted by Crippen LogP contribution is 2.74. The Labute approximate surface area is 287 Å². The van der Waals surface area contributed by atoms with Gasteiger partial charge in [-0.3, -0.25) is 4.79 Å². The molecule has 0 spiro atoms. The van der Waals surface area contributed by atoms with E-state index in [1.807, 2.05) is 19.9 Å². The van der Waals surface area contributed by atoms with Crippen LogP contribution in [0, 0.1) is 39.9 Å². The number of aliphatic hydroxyl groups is 1. The molecule has 270 valence electrons. The summed E-state index contributed by atoms with van der Waals surface area (Å²) in [7, 11) is 0. The average Bonchev–Trinajstić information content (AvgIpc) is 3.27. The summed E-state index contributed by atoms with van der Waals surface area (Å²) in [6.07, 6.45) is 0.175. The van der Waals surface area contributed by atoms with Gasteiger partial charge in [-0.15, -0.1) is 0 Å². The number of carboxylic acids is 1. The summed E-state index contributed by atoms with van der Waals surface area (Å²) in [5, 5.41) is 22.6. The number of aliphatic hydroxyl groups excluding tert-OH is 1. The first kappa shape index (κ1) is 37.1. The van der Waals surface area contributed by atoms with Crippen molar-refractivity contribution in [1.82, 2.24) is 0 Å². The molecule has 2 N–H and O–H groups in total. The molecule has 4 saturated carbocycles. The van der Waals surface area contributed by atoms with E-state index in [0.29, 0.717) is 44.1 Å². The smallest absolute Gasteiger partial charge is 0.416 e. The Morgan fingerprint density at radius 2 is 1.63 bits per heavy atom. The molecule has 1 aromatic carbocycles. The Bertz CT molecular complexity index is 1530. The number of allylic oxidation sites excluding steroid dienone is 2. The highest BCUT2D eigenvalue weighted by atomic mass is 19.4. The van der Waals surface area contributed by atoms with Crippen molar-refractivity contribution in [3.8, 4) is 0 Å². The lowest BCUT2D eigenvalue weighted by atomic mass is 9.36. The van der Waals surface area contributed by atoms with E-state index in [2.05, 4.69) is 27.7 Å². The zero-order valence-electron chi connectivity index (χ0n) is 29.7. The van der Waals surface area contributed by atoms with E-state index in [1.165, 1.54) is 6.92 Å². The second-order valence-corrected chi connectivity index (χ2v) is 16.1. The van der Waals surface area contributed by atoms with Gasteiger partial charge in [-0.05, 0) is 135 Å². The van der Waals surface area contributed by atoms with Gasteiger partial charge in [-0.25, -0.2) is 9.59 Å². The first-order valence-corrected chi connectivity index (χ1v) is 17.6. The normalized spacial score (nSPS) is 38.0. The molecule has 4 aliphatic carbocycles. The van der Waals surface area contributed by atoms with Crippen molar-refractivity contribution < 1.29 is 47.2 Å². The van der Waals surface area contributed by atoms with Gasteiger partial charge in [0.25, 0.3) is 0 Å². The maximum absolute atomic E-state index is 13.1. The fraction of sp³-hybridized carbons (Fsp3) is 0.667. The van der Waals surface area contributed by atoms with E-state index in [9.17, 15) is 37.8 Å². The van der Waals surface area contributed by atoms with Gasteiger partial charge in [0.05, 0.1) is 17.2 Å². The van der Waals surface area contributed by atoms with Crippen LogP contribution in [-0.2, 0) is 25.2 Å². The van der Waals surface area contributed by atoms with Gasteiger partial charge in [0.15, 0.2) is 0 Å². The molecule has 0 amide bonds. The number of benzene rings is 1. The van der Waals surface area contributed by atoms with Crippen LogP contribution in [0.4, 0.5) is 13.2 Å². The number of esters is 2. The molecular weight excluding hydrogens is 637 g/mol. The van der Waals surface area contributed by atoms with Crippen LogP contribution in [0.15, 0.2) is 47.1 Å². The molecule has 0 radical (unpaired) electrons. The van der Waals surface area contributed by atoms with E-state index < -0.39 is 58.8 Å². The molecule has 10 atom stereocenters. The lowest BCUT2D eigenvalue weighted by molar-refractivity contribution is -0.234. The van der Waals surface area contributed by atoms with Gasteiger partial charge in [0.1, 0.15) is 12.2 Å². The van der Waals surface area contributed by atoms with Gasteiger partial charge in [0, 0.05) is 12.5 Å². The van der Waals surface area contributed by atoms with Crippen molar-refractivity contribution >= 4 is 17.9 Å². The second kappa shape index (κ2) is 13.2. The third-order valence-electron chi connectivity index (χ3n) is 13.2. The number of aliphatic carboxylic acids is 1. The highest BCUT2D eigenvalue weighted by molar-refractivity contribution is 5.89. The van der Waals surface area contributed by atoms with E-state index in [-0.39, 0.29) is 40.2 Å². The Morgan fingerprint density at radius 1 is 0.980 bits per heavy atom. The molecule has 0 heterocycles. The summed E-state index contributed by atoms with van der Waals surface area (Å²) < 4.78 is 51.0. The van der Waals surface area contributed by atoms with Crippen LogP contribution in [0.2, 0.25) is 0 Å². The number of halogens is 3. The molecular formula is C39H51F3O7. The van der Waals surface area contributed by atoms with Crippen molar-refractivity contribution in [2.45, 2.75) is 124 Å². The average molecular weight is 689 g/mol. The number of hydrogen-bond acceptors (Lipinski definition) is 6. The monoisotopic (exact) mass is 688 g/mol. The molecule has 4 fully saturated rings. The van der Waals surface area contributed by atoms with Crippen LogP contribution in [0.3, 0.4) is 0 Å². The third-order valence-corrected chi connectivity index (χ3v) is 13.2. The Balaban J connectivity index is 1.43. The van der Waals surface area contributed by atoms with E-state index in [4.69, 9.17) is 9.47 Å². The predicted octanol–water partition coefficient (Wildman–Crippen LogP) is 8.55. The standard InChI is InChI=1S/C39H51F3O7/c1-21(2)9-8-10-26(34(45)46)32-28-19-29(44)33-36(5)17-16-30(49-35(47)24-11-13-25(14-12-24)39(40,41)42)22(3)27(36)15-18-37(33,6)38(28,7)20-31(32)48-23(4)43/h9,11-14,22,27-31,33,44H,8,10,15-20H2,1-7H3,(H,45,46)/b32-26-/t22-,27-,28-,29+,30+,31-,33-,36-,37-,38-/m0/s1. The summed E-state index contributed by atoms with van der Waals surface area (Å²) >= 11 is 0. The lowest BCUT2D eigenvalue weighted by Crippen LogP contribution is -2.65. The van der Waals surface area contributed by atoms with Gasteiger partial charge >= 0.3 is 24.1 Å². The second-order valence-electron chi connectivity index (χ2n) is 16.1. The van der Waals surface area contributed by atoms with Crippen LogP contribution in [0.5, 0.6) is 0 Å². The summed E-state index contributed by atoms with van der Waals surface area (Å²) in [5.41, 5.74) is 0.0703. The SMILES string of the molecule is CC(=O)O[C@H]1C[C@@]2(C)[C@@H](C[C@@H](O)[C@H]3[C@@]4(C)CC[C@@H](OC(=O)c5ccc(C(F)(F)F)cc5)[C@@H](C)[C@@H]4CC[C@@]32C)/C1=C(\CCC=C(C)C)C(=O)O. The molecule has 10 heteroatoms. The molecule has 0 bridgehead atoms. The number of alkyl halides is 3. The minimum Gasteiger partial charge on any atom is -0.478 e. The zero-order valence-corrected chi connectivity index (χ0v) is 29.7. The van der Waals surface area contributed by atoms with Crippen LogP contribution < -0.4 is 0 Å². The van der Waals surface area contributed by atoms with Crippen molar-refractivity contribution in [2.75, 3.05) is 0 Å². The minimum atomic E-state index is -4.50. The number of rotatable bonds is 7. The molecule has 1 aromatic rings. The number of fused-ring (bicyclic) bond motifs is 5. The predicted molar refractivity (Wildman–Crippen MR) is 177 cm³/mol. The van der Waals surface area contributed by atoms with Crippen molar-refractivity contribution in [3.63, 3.8) is 0 Å². The van der Waals surface area contributed by atoms with E-state index >= 15 is 0 Å². The highest BCUT2D eigenvalue weighted by Gasteiger charge is 2.71. The topological polar surface area (TPSA) is 110 Å². The maximum atomic E-state index is 13.1. The molecule has 49 heavy (non-hydrogen) atoms.